The van der Waals surface area contributed by atoms with Crippen molar-refractivity contribution < 1.29 is 20.4 Å². The minimum absolute atomic E-state index is 0.260. The van der Waals surface area contributed by atoms with E-state index in [-0.39, 0.29) is 13.2 Å². The van der Waals surface area contributed by atoms with Crippen LogP contribution in [0.15, 0.2) is 10.8 Å². The normalized spacial score (nSPS) is 15.1. The number of rotatable bonds is 8. The Bertz CT molecular complexity index is 149. The third kappa shape index (κ3) is 7.66. The number of hydrogen-bond donors (Lipinski definition) is 4. The van der Waals surface area contributed by atoms with Gasteiger partial charge in [0.1, 0.15) is 0 Å². The third-order valence-electron chi connectivity index (χ3n) is 1.29. The molecule has 4 nitrogen and oxygen atoms in total. The molecule has 4 N–H and O–H groups in total. The van der Waals surface area contributed by atoms with Gasteiger partial charge in [-0.1, -0.05) is 6.58 Å². The Balaban J connectivity index is 3.46. The smallest absolute Gasteiger partial charge is 0.0864 e. The van der Waals surface area contributed by atoms with Gasteiger partial charge in [0.2, 0.25) is 0 Å². The van der Waals surface area contributed by atoms with E-state index >= 15 is 0 Å². The van der Waals surface area contributed by atoms with E-state index in [1.54, 1.807) is 0 Å². The summed E-state index contributed by atoms with van der Waals surface area (Å²) in [6.45, 7) is 3.19. The number of aliphatic hydroxyl groups is 4. The average molecular weight is 240 g/mol. The Labute approximate surface area is 92.0 Å². The van der Waals surface area contributed by atoms with Gasteiger partial charge in [-0.2, -0.15) is 0 Å². The molecule has 0 saturated carbocycles. The van der Waals surface area contributed by atoms with Gasteiger partial charge in [-0.05, 0) is 0 Å². The Hall–Kier alpha value is 0.280. The van der Waals surface area contributed by atoms with Crippen molar-refractivity contribution in [3.8, 4) is 0 Å². The molecular weight excluding hydrogens is 224 g/mol. The molecule has 0 radical (unpaired) electrons. The van der Waals surface area contributed by atoms with Gasteiger partial charge in [0.25, 0.3) is 0 Å². The molecular formula is C8H16O4S2. The monoisotopic (exact) mass is 240 g/mol. The van der Waals surface area contributed by atoms with Crippen LogP contribution in [0.5, 0.6) is 0 Å². The summed E-state index contributed by atoms with van der Waals surface area (Å²) in [5.74, 6) is 0.773. The number of hydrogen-bond acceptors (Lipinski definition) is 6. The molecule has 0 aliphatic carbocycles. The van der Waals surface area contributed by atoms with Crippen molar-refractivity contribution in [3.63, 3.8) is 0 Å². The maximum absolute atomic E-state index is 9.02. The summed E-state index contributed by atoms with van der Waals surface area (Å²) >= 11 is 2.65. The molecule has 0 amide bonds. The lowest BCUT2D eigenvalue weighted by Gasteiger charge is -2.10. The highest BCUT2D eigenvalue weighted by Crippen LogP contribution is 2.27. The Morgan fingerprint density at radius 2 is 1.36 bits per heavy atom. The highest BCUT2D eigenvalue weighted by molar-refractivity contribution is 8.22. The zero-order valence-corrected chi connectivity index (χ0v) is 9.43. The van der Waals surface area contributed by atoms with Crippen molar-refractivity contribution >= 4 is 23.5 Å². The predicted molar refractivity (Wildman–Crippen MR) is 60.2 cm³/mol. The molecule has 14 heavy (non-hydrogen) atoms. The lowest BCUT2D eigenvalue weighted by molar-refractivity contribution is 0.113. The van der Waals surface area contributed by atoms with Crippen LogP contribution in [0.1, 0.15) is 0 Å². The molecule has 0 rings (SSSR count). The fraction of sp³-hybridized carbons (Fsp3) is 0.750. The summed E-state index contributed by atoms with van der Waals surface area (Å²) in [6.07, 6.45) is -1.47. The minimum atomic E-state index is -0.736. The van der Waals surface area contributed by atoms with E-state index in [1.807, 2.05) is 0 Å². The second kappa shape index (κ2) is 8.58. The van der Waals surface area contributed by atoms with E-state index < -0.39 is 12.2 Å². The van der Waals surface area contributed by atoms with E-state index in [9.17, 15) is 0 Å². The number of aliphatic hydroxyl groups excluding tert-OH is 4. The van der Waals surface area contributed by atoms with Crippen LogP contribution in [0.3, 0.4) is 0 Å². The first-order valence-corrected chi connectivity index (χ1v) is 6.09. The second-order valence-corrected chi connectivity index (χ2v) is 5.15. The SMILES string of the molecule is C=C(SCC(O)CO)SCC(O)CO. The van der Waals surface area contributed by atoms with E-state index in [2.05, 4.69) is 6.58 Å². The first kappa shape index (κ1) is 14.3. The molecule has 0 heterocycles. The number of thioether (sulfide) groups is 2. The molecule has 0 spiro atoms. The van der Waals surface area contributed by atoms with Gasteiger partial charge in [0.15, 0.2) is 0 Å². The fourth-order valence-corrected chi connectivity index (χ4v) is 2.23. The van der Waals surface area contributed by atoms with Gasteiger partial charge in [-0.3, -0.25) is 0 Å². The molecule has 2 atom stereocenters. The molecule has 6 heteroatoms. The maximum atomic E-state index is 9.02. The van der Waals surface area contributed by atoms with Crippen molar-refractivity contribution in [2.24, 2.45) is 0 Å². The maximum Gasteiger partial charge on any atom is 0.0864 e. The molecule has 0 aromatic rings. The average Bonchev–Trinajstić information content (AvgIpc) is 2.22. The van der Waals surface area contributed by atoms with Crippen molar-refractivity contribution in [3.05, 3.63) is 10.8 Å². The lowest BCUT2D eigenvalue weighted by Crippen LogP contribution is -2.15. The molecule has 84 valence electrons. The molecule has 0 saturated heterocycles. The molecule has 0 aliphatic heterocycles. The highest BCUT2D eigenvalue weighted by atomic mass is 32.2. The van der Waals surface area contributed by atoms with Crippen LogP contribution < -0.4 is 0 Å². The molecule has 2 unspecified atom stereocenters. The standard InChI is InChI=1S/C8H16O4S2/c1-6(13-4-7(11)2-9)14-5-8(12)3-10/h7-12H,1-5H2. The Kier molecular flexibility index (Phi) is 8.75. The molecule has 0 aromatic heterocycles. The Morgan fingerprint density at radius 3 is 1.64 bits per heavy atom. The predicted octanol–water partition coefficient (Wildman–Crippen LogP) is -0.370. The van der Waals surface area contributed by atoms with Crippen LogP contribution in [0.25, 0.3) is 0 Å². The third-order valence-corrected chi connectivity index (χ3v) is 3.75. The zero-order chi connectivity index (χ0) is 11.0. The van der Waals surface area contributed by atoms with Crippen LogP contribution >= 0.6 is 23.5 Å². The molecule has 0 aliphatic rings. The fourth-order valence-electron chi connectivity index (χ4n) is 0.525. The largest absolute Gasteiger partial charge is 0.394 e. The zero-order valence-electron chi connectivity index (χ0n) is 7.80. The molecule has 0 bridgehead atoms. The van der Waals surface area contributed by atoms with Gasteiger partial charge in [0, 0.05) is 15.7 Å². The topological polar surface area (TPSA) is 80.9 Å². The van der Waals surface area contributed by atoms with Gasteiger partial charge < -0.3 is 20.4 Å². The van der Waals surface area contributed by atoms with E-state index in [1.165, 1.54) is 23.5 Å². The lowest BCUT2D eigenvalue weighted by atomic mass is 10.4. The first-order chi connectivity index (χ1) is 6.60. The van der Waals surface area contributed by atoms with Gasteiger partial charge >= 0.3 is 0 Å². The molecule has 0 aromatic carbocycles. The van der Waals surface area contributed by atoms with Crippen LogP contribution in [-0.4, -0.2) is 57.4 Å². The summed E-state index contributed by atoms with van der Waals surface area (Å²) in [5, 5.41) is 35.1. The van der Waals surface area contributed by atoms with Crippen LogP contribution in [0.4, 0.5) is 0 Å². The quantitative estimate of drug-likeness (QED) is 0.463. The van der Waals surface area contributed by atoms with Crippen LogP contribution in [0.2, 0.25) is 0 Å². The van der Waals surface area contributed by atoms with Crippen LogP contribution in [0, 0.1) is 0 Å². The van der Waals surface area contributed by atoms with Crippen molar-refractivity contribution in [2.75, 3.05) is 24.7 Å². The first-order valence-electron chi connectivity index (χ1n) is 4.12. The van der Waals surface area contributed by atoms with Gasteiger partial charge in [0.05, 0.1) is 25.4 Å². The van der Waals surface area contributed by atoms with E-state index in [4.69, 9.17) is 20.4 Å². The second-order valence-electron chi connectivity index (χ2n) is 2.67. The summed E-state index contributed by atoms with van der Waals surface area (Å²) in [4.78, 5) is 0. The Morgan fingerprint density at radius 1 is 1.00 bits per heavy atom. The summed E-state index contributed by atoms with van der Waals surface area (Å²) in [7, 11) is 0. The molecule has 0 fully saturated rings. The van der Waals surface area contributed by atoms with E-state index in [0.29, 0.717) is 11.5 Å². The summed E-state index contributed by atoms with van der Waals surface area (Å²) in [5.41, 5.74) is 0. The van der Waals surface area contributed by atoms with E-state index in [0.717, 1.165) is 4.24 Å². The van der Waals surface area contributed by atoms with Crippen molar-refractivity contribution in [1.82, 2.24) is 0 Å². The van der Waals surface area contributed by atoms with Crippen molar-refractivity contribution in [1.29, 1.82) is 0 Å². The highest BCUT2D eigenvalue weighted by Gasteiger charge is 2.06. The van der Waals surface area contributed by atoms with Crippen molar-refractivity contribution in [2.45, 2.75) is 12.2 Å². The summed E-state index contributed by atoms with van der Waals surface area (Å²) in [6, 6.07) is 0. The summed E-state index contributed by atoms with van der Waals surface area (Å²) < 4.78 is 0.755. The minimum Gasteiger partial charge on any atom is -0.394 e. The van der Waals surface area contributed by atoms with Gasteiger partial charge in [-0.25, -0.2) is 0 Å². The van der Waals surface area contributed by atoms with Gasteiger partial charge in [-0.15, -0.1) is 23.5 Å². The van der Waals surface area contributed by atoms with Crippen LogP contribution in [-0.2, 0) is 0 Å².